The molecule has 8 nitrogen and oxygen atoms in total. The Balaban J connectivity index is 1.54. The van der Waals surface area contributed by atoms with Gasteiger partial charge in [0.1, 0.15) is 6.04 Å². The van der Waals surface area contributed by atoms with E-state index in [0.717, 1.165) is 22.2 Å². The van der Waals surface area contributed by atoms with E-state index in [-0.39, 0.29) is 0 Å². The van der Waals surface area contributed by atoms with Crippen molar-refractivity contribution in [2.45, 2.75) is 30.9 Å². The minimum Gasteiger partial charge on any atom is -0.408 e. The molecule has 31 heavy (non-hydrogen) atoms. The van der Waals surface area contributed by atoms with Crippen molar-refractivity contribution in [2.24, 2.45) is 12.8 Å². The zero-order valence-corrected chi connectivity index (χ0v) is 17.3. The van der Waals surface area contributed by atoms with Crippen LogP contribution in [0.15, 0.2) is 51.7 Å². The Morgan fingerprint density at radius 2 is 2.03 bits per heavy atom. The number of nitrogens with zero attached hydrogens (tertiary/aromatic N) is 2. The zero-order chi connectivity index (χ0) is 22.0. The number of benzene rings is 2. The number of hydrogen-bond donors (Lipinski definition) is 2. The summed E-state index contributed by atoms with van der Waals surface area (Å²) in [5.41, 5.74) is 8.57. The van der Waals surface area contributed by atoms with E-state index in [1.807, 2.05) is 36.4 Å². The van der Waals surface area contributed by atoms with Crippen LogP contribution in [0.4, 0.5) is 0 Å². The molecule has 3 N–H and O–H groups in total. The quantitative estimate of drug-likeness (QED) is 0.649. The molecule has 8 heteroatoms. The van der Waals surface area contributed by atoms with Gasteiger partial charge in [0.05, 0.1) is 11.6 Å². The van der Waals surface area contributed by atoms with E-state index < -0.39 is 23.3 Å². The molecule has 2 atom stereocenters. The van der Waals surface area contributed by atoms with Crippen molar-refractivity contribution in [3.05, 3.63) is 58.6 Å². The molecule has 0 bridgehead atoms. The molecule has 1 aromatic heterocycles. The summed E-state index contributed by atoms with van der Waals surface area (Å²) in [4.78, 5) is 24.0. The second-order valence-electron chi connectivity index (χ2n) is 7.78. The second kappa shape index (κ2) is 8.38. The van der Waals surface area contributed by atoms with Gasteiger partial charge in [0.15, 0.2) is 11.2 Å². The first-order valence-electron chi connectivity index (χ1n) is 10.2. The highest BCUT2D eigenvalue weighted by Gasteiger charge is 2.46. The number of hydrogen-bond acceptors (Lipinski definition) is 6. The maximum atomic E-state index is 12.3. The first-order chi connectivity index (χ1) is 14.9. The summed E-state index contributed by atoms with van der Waals surface area (Å²) < 4.78 is 12.5. The predicted octanol–water partition coefficient (Wildman–Crippen LogP) is 1.86. The van der Waals surface area contributed by atoms with E-state index in [1.54, 1.807) is 13.1 Å². The van der Waals surface area contributed by atoms with Crippen molar-refractivity contribution in [1.82, 2.24) is 9.88 Å². The minimum absolute atomic E-state index is 0.315. The monoisotopic (exact) mass is 420 g/mol. The average Bonchev–Trinajstić information content (AvgIpc) is 2.93. The van der Waals surface area contributed by atoms with Crippen LogP contribution in [-0.4, -0.2) is 35.3 Å². The molecule has 0 radical (unpaired) electrons. The van der Waals surface area contributed by atoms with Crippen LogP contribution in [0.2, 0.25) is 0 Å². The number of ether oxygens (including phenoxy) is 1. The number of oxazole rings is 1. The smallest absolute Gasteiger partial charge is 0.408 e. The number of nitrogens with two attached hydrogens (primary N) is 1. The topological polar surface area (TPSA) is 123 Å². The van der Waals surface area contributed by atoms with Crippen LogP contribution < -0.4 is 16.8 Å². The molecule has 160 valence electrons. The van der Waals surface area contributed by atoms with E-state index in [0.29, 0.717) is 38.0 Å². The Hall–Kier alpha value is -3.41. The van der Waals surface area contributed by atoms with Crippen LogP contribution in [0, 0.1) is 11.3 Å². The number of nitriles is 1. The van der Waals surface area contributed by atoms with Crippen molar-refractivity contribution < 1.29 is 13.9 Å². The fourth-order valence-electron chi connectivity index (χ4n) is 4.02. The number of carbonyl (C=O) groups is 1. The molecule has 1 saturated heterocycles. The van der Waals surface area contributed by atoms with Crippen molar-refractivity contribution in [3.8, 4) is 17.2 Å². The number of nitrogens with one attached hydrogen (secondary N) is 1. The molecular weight excluding hydrogens is 396 g/mol. The number of carbonyl (C=O) groups excluding carboxylic acids is 1. The highest BCUT2D eigenvalue weighted by molar-refractivity contribution is 5.85. The van der Waals surface area contributed by atoms with Crippen LogP contribution >= 0.6 is 0 Å². The van der Waals surface area contributed by atoms with Gasteiger partial charge < -0.3 is 14.9 Å². The lowest BCUT2D eigenvalue weighted by Crippen LogP contribution is -2.58. The third-order valence-electron chi connectivity index (χ3n) is 5.91. The largest absolute Gasteiger partial charge is 0.419 e. The Bertz CT molecular complexity index is 1210. The van der Waals surface area contributed by atoms with Gasteiger partial charge in [-0.3, -0.25) is 14.7 Å². The molecule has 0 aliphatic carbocycles. The summed E-state index contributed by atoms with van der Waals surface area (Å²) in [7, 11) is 1.68. The maximum absolute atomic E-state index is 12.3. The molecule has 4 rings (SSSR count). The van der Waals surface area contributed by atoms with Crippen molar-refractivity contribution in [3.63, 3.8) is 0 Å². The fourth-order valence-corrected chi connectivity index (χ4v) is 4.02. The molecule has 2 heterocycles. The first-order valence-corrected chi connectivity index (χ1v) is 10.2. The molecule has 1 aliphatic heterocycles. The summed E-state index contributed by atoms with van der Waals surface area (Å²) in [5, 5.41) is 12.6. The number of aryl methyl sites for hydroxylation is 2. The summed E-state index contributed by atoms with van der Waals surface area (Å²) in [6, 6.07) is 14.9. The van der Waals surface area contributed by atoms with Gasteiger partial charge in [-0.05, 0) is 54.6 Å². The number of rotatable bonds is 5. The van der Waals surface area contributed by atoms with E-state index >= 15 is 0 Å². The van der Waals surface area contributed by atoms with Gasteiger partial charge in [0, 0.05) is 13.7 Å². The predicted molar refractivity (Wildman–Crippen MR) is 115 cm³/mol. The molecule has 1 fully saturated rings. The maximum Gasteiger partial charge on any atom is 0.419 e. The Labute approximate surface area is 179 Å². The van der Waals surface area contributed by atoms with Gasteiger partial charge >= 0.3 is 5.76 Å². The van der Waals surface area contributed by atoms with E-state index in [1.165, 1.54) is 4.57 Å². The zero-order valence-electron chi connectivity index (χ0n) is 17.3. The molecule has 3 aromatic rings. The highest BCUT2D eigenvalue weighted by atomic mass is 16.5. The molecule has 0 spiro atoms. The Morgan fingerprint density at radius 3 is 2.74 bits per heavy atom. The lowest BCUT2D eigenvalue weighted by molar-refractivity contribution is -0.145. The minimum atomic E-state index is -1.35. The van der Waals surface area contributed by atoms with Gasteiger partial charge in [0.25, 0.3) is 5.91 Å². The summed E-state index contributed by atoms with van der Waals surface area (Å²) in [5.74, 6) is -1.01. The summed E-state index contributed by atoms with van der Waals surface area (Å²) in [6.45, 7) is 0.987. The molecule has 2 unspecified atom stereocenters. The number of fused-ring (bicyclic) bond motifs is 1. The molecule has 1 aliphatic rings. The van der Waals surface area contributed by atoms with Crippen LogP contribution in [0.3, 0.4) is 0 Å². The number of amides is 1. The number of primary amides is 1. The second-order valence-corrected chi connectivity index (χ2v) is 7.78. The molecule has 1 amide bonds. The standard InChI is InChI=1S/C23H24N4O4/c1-27-18-13-17(7-8-19(18)31-22(27)29)16-5-3-15(4-6-16)9-10-23(21(25)28)20(14-24)26-11-2-12-30-23/h3-8,13,20,26H,2,9-12H2,1H3,(H2,25,28). The van der Waals surface area contributed by atoms with Crippen LogP contribution in [0.1, 0.15) is 18.4 Å². The molecule has 0 saturated carbocycles. The van der Waals surface area contributed by atoms with E-state index in [2.05, 4.69) is 11.4 Å². The van der Waals surface area contributed by atoms with Gasteiger partial charge in [-0.2, -0.15) is 5.26 Å². The highest BCUT2D eigenvalue weighted by Crippen LogP contribution is 2.28. The fraction of sp³-hybridized carbons (Fsp3) is 0.348. The lowest BCUT2D eigenvalue weighted by atomic mass is 9.87. The van der Waals surface area contributed by atoms with E-state index in [9.17, 15) is 14.9 Å². The average molecular weight is 420 g/mol. The molecule has 2 aromatic carbocycles. The Kier molecular flexibility index (Phi) is 5.63. The SMILES string of the molecule is Cn1c(=O)oc2ccc(-c3ccc(CCC4(C(N)=O)OCCCNC4C#N)cc3)cc21. The van der Waals surface area contributed by atoms with Gasteiger partial charge in [-0.25, -0.2) is 4.79 Å². The van der Waals surface area contributed by atoms with Gasteiger partial charge in [0.2, 0.25) is 0 Å². The Morgan fingerprint density at radius 1 is 1.29 bits per heavy atom. The summed E-state index contributed by atoms with van der Waals surface area (Å²) >= 11 is 0. The van der Waals surface area contributed by atoms with Crippen LogP contribution in [0.5, 0.6) is 0 Å². The molecular formula is C23H24N4O4. The van der Waals surface area contributed by atoms with Gasteiger partial charge in [-0.15, -0.1) is 0 Å². The van der Waals surface area contributed by atoms with Crippen molar-refractivity contribution in [2.75, 3.05) is 13.2 Å². The van der Waals surface area contributed by atoms with E-state index in [4.69, 9.17) is 14.9 Å². The third kappa shape index (κ3) is 3.85. The van der Waals surface area contributed by atoms with Crippen molar-refractivity contribution in [1.29, 1.82) is 5.26 Å². The first kappa shape index (κ1) is 20.8. The van der Waals surface area contributed by atoms with Crippen LogP contribution in [-0.2, 0) is 23.0 Å². The van der Waals surface area contributed by atoms with Crippen LogP contribution in [0.25, 0.3) is 22.2 Å². The van der Waals surface area contributed by atoms with Gasteiger partial charge in [-0.1, -0.05) is 30.3 Å². The van der Waals surface area contributed by atoms with Crippen molar-refractivity contribution >= 4 is 17.0 Å². The lowest BCUT2D eigenvalue weighted by Gasteiger charge is -2.33. The summed E-state index contributed by atoms with van der Waals surface area (Å²) in [6.07, 6.45) is 1.57. The number of aromatic nitrogens is 1. The third-order valence-corrected chi connectivity index (χ3v) is 5.91. The normalized spacial score (nSPS) is 21.5.